The Morgan fingerprint density at radius 1 is 1.50 bits per heavy atom. The van der Waals surface area contributed by atoms with E-state index >= 15 is 0 Å². The summed E-state index contributed by atoms with van der Waals surface area (Å²) in [5.41, 5.74) is 13.5. The van der Waals surface area contributed by atoms with Crippen molar-refractivity contribution in [2.24, 2.45) is 11.5 Å². The largest absolute Gasteiger partial charge is 0.405 e. The van der Waals surface area contributed by atoms with Crippen molar-refractivity contribution in [1.82, 2.24) is 0 Å². The predicted molar refractivity (Wildman–Crippen MR) is 58.1 cm³/mol. The van der Waals surface area contributed by atoms with Gasteiger partial charge >= 0.3 is 0 Å². The van der Waals surface area contributed by atoms with E-state index < -0.39 is 6.10 Å². The van der Waals surface area contributed by atoms with Crippen molar-refractivity contribution in [3.8, 4) is 0 Å². The molecule has 0 aromatic heterocycles. The number of aliphatic hydroxyl groups excluding tert-OH is 1. The predicted octanol–water partition coefficient (Wildman–Crippen LogP) is 0.939. The molecule has 5 N–H and O–H groups in total. The highest BCUT2D eigenvalue weighted by molar-refractivity contribution is 5.41. The van der Waals surface area contributed by atoms with E-state index in [0.717, 1.165) is 12.0 Å². The molecule has 0 radical (unpaired) electrons. The van der Waals surface area contributed by atoms with E-state index in [-0.39, 0.29) is 0 Å². The lowest BCUT2D eigenvalue weighted by Gasteiger charge is -2.22. The van der Waals surface area contributed by atoms with Gasteiger partial charge in [0, 0.05) is 5.57 Å². The first-order chi connectivity index (χ1) is 6.72. The number of allylic oxidation sites excluding steroid dienone is 2. The molecule has 1 unspecified atom stereocenters. The van der Waals surface area contributed by atoms with Crippen molar-refractivity contribution in [2.45, 2.75) is 18.9 Å². The van der Waals surface area contributed by atoms with Gasteiger partial charge in [-0.2, -0.15) is 0 Å². The number of rotatable bonds is 2. The average molecular weight is 192 g/mol. The molecule has 1 aliphatic rings. The summed E-state index contributed by atoms with van der Waals surface area (Å²) in [6.45, 7) is 3.67. The van der Waals surface area contributed by atoms with Gasteiger partial charge in [0.25, 0.3) is 0 Å². The average Bonchev–Trinajstić information content (AvgIpc) is 2.20. The molecule has 0 aromatic carbocycles. The molecular weight excluding hydrogens is 176 g/mol. The number of hydrogen-bond acceptors (Lipinski definition) is 3. The second-order valence-corrected chi connectivity index (χ2v) is 3.28. The molecule has 1 atom stereocenters. The van der Waals surface area contributed by atoms with Crippen LogP contribution in [0.25, 0.3) is 0 Å². The molecule has 0 heterocycles. The van der Waals surface area contributed by atoms with E-state index in [0.29, 0.717) is 12.0 Å². The number of nitrogens with two attached hydrogens (primary N) is 2. The van der Waals surface area contributed by atoms with E-state index in [1.165, 1.54) is 18.0 Å². The second-order valence-electron chi connectivity index (χ2n) is 3.28. The standard InChI is InChI=1S/C11H16N2O/c1-2-3-8-4-9(6-12)11(14)10(5-8)7-13/h2,4,6-7,11,14H,1,3,5,12-13H2/b9-6+,10-7-. The first-order valence-corrected chi connectivity index (χ1v) is 4.53. The van der Waals surface area contributed by atoms with E-state index in [4.69, 9.17) is 11.5 Å². The Morgan fingerprint density at radius 3 is 2.71 bits per heavy atom. The van der Waals surface area contributed by atoms with Crippen molar-refractivity contribution in [3.05, 3.63) is 47.9 Å². The first kappa shape index (κ1) is 10.6. The molecule has 0 bridgehead atoms. The third-order valence-electron chi connectivity index (χ3n) is 2.28. The minimum Gasteiger partial charge on any atom is -0.405 e. The highest BCUT2D eigenvalue weighted by Gasteiger charge is 2.20. The van der Waals surface area contributed by atoms with E-state index in [9.17, 15) is 5.11 Å². The van der Waals surface area contributed by atoms with Crippen LogP contribution in [0.4, 0.5) is 0 Å². The monoisotopic (exact) mass is 192 g/mol. The fourth-order valence-corrected chi connectivity index (χ4v) is 1.54. The molecule has 0 fully saturated rings. The SMILES string of the molecule is C=CCC1=C/C(=C\N)C(O)/C(=C\N)C1. The maximum Gasteiger partial charge on any atom is 0.103 e. The third kappa shape index (κ3) is 2.06. The van der Waals surface area contributed by atoms with Crippen LogP contribution in [0.2, 0.25) is 0 Å². The molecule has 76 valence electrons. The topological polar surface area (TPSA) is 72.3 Å². The van der Waals surface area contributed by atoms with Gasteiger partial charge in [0.05, 0.1) is 0 Å². The molecular formula is C11H16N2O. The Kier molecular flexibility index (Phi) is 3.54. The summed E-state index contributed by atoms with van der Waals surface area (Å²) in [5.74, 6) is 0. The fourth-order valence-electron chi connectivity index (χ4n) is 1.54. The zero-order valence-corrected chi connectivity index (χ0v) is 8.11. The van der Waals surface area contributed by atoms with Crippen LogP contribution in [-0.2, 0) is 0 Å². The quantitative estimate of drug-likeness (QED) is 0.570. The van der Waals surface area contributed by atoms with Crippen LogP contribution in [-0.4, -0.2) is 11.2 Å². The molecule has 3 nitrogen and oxygen atoms in total. The van der Waals surface area contributed by atoms with Gasteiger partial charge in [-0.1, -0.05) is 17.7 Å². The van der Waals surface area contributed by atoms with Gasteiger partial charge in [0.2, 0.25) is 0 Å². The third-order valence-corrected chi connectivity index (χ3v) is 2.28. The van der Waals surface area contributed by atoms with Crippen LogP contribution < -0.4 is 11.5 Å². The molecule has 0 aliphatic heterocycles. The van der Waals surface area contributed by atoms with Crippen LogP contribution in [0.5, 0.6) is 0 Å². The number of hydrogen-bond donors (Lipinski definition) is 3. The molecule has 0 amide bonds. The lowest BCUT2D eigenvalue weighted by atomic mass is 9.87. The van der Waals surface area contributed by atoms with E-state index in [2.05, 4.69) is 6.58 Å². The van der Waals surface area contributed by atoms with E-state index in [1.807, 2.05) is 12.2 Å². The molecule has 3 heteroatoms. The van der Waals surface area contributed by atoms with Crippen molar-refractivity contribution >= 4 is 0 Å². The summed E-state index contributed by atoms with van der Waals surface area (Å²) in [6.07, 6.45) is 7.42. The zero-order chi connectivity index (χ0) is 10.6. The molecule has 1 rings (SSSR count). The second kappa shape index (κ2) is 4.67. The lowest BCUT2D eigenvalue weighted by Crippen LogP contribution is -2.19. The minimum atomic E-state index is -0.654. The van der Waals surface area contributed by atoms with Crippen molar-refractivity contribution in [2.75, 3.05) is 0 Å². The van der Waals surface area contributed by atoms with Gasteiger partial charge in [-0.15, -0.1) is 6.58 Å². The summed E-state index contributed by atoms with van der Waals surface area (Å²) in [7, 11) is 0. The van der Waals surface area contributed by atoms with Gasteiger partial charge in [-0.3, -0.25) is 0 Å². The molecule has 0 spiro atoms. The Hall–Kier alpha value is -1.48. The van der Waals surface area contributed by atoms with E-state index in [1.54, 1.807) is 0 Å². The van der Waals surface area contributed by atoms with Crippen molar-refractivity contribution < 1.29 is 5.11 Å². The van der Waals surface area contributed by atoms with Crippen LogP contribution in [0.3, 0.4) is 0 Å². The normalized spacial score (nSPS) is 27.8. The minimum absolute atomic E-state index is 0.654. The van der Waals surface area contributed by atoms with Gasteiger partial charge in [0.15, 0.2) is 0 Å². The zero-order valence-electron chi connectivity index (χ0n) is 8.11. The summed E-state index contributed by atoms with van der Waals surface area (Å²) in [4.78, 5) is 0. The summed E-state index contributed by atoms with van der Waals surface area (Å²) < 4.78 is 0. The maximum atomic E-state index is 9.75. The molecule has 0 saturated heterocycles. The summed E-state index contributed by atoms with van der Waals surface area (Å²) in [6, 6.07) is 0. The molecule has 0 saturated carbocycles. The van der Waals surface area contributed by atoms with Crippen LogP contribution in [0.15, 0.2) is 47.9 Å². The Labute approximate surface area is 84.1 Å². The van der Waals surface area contributed by atoms with Gasteiger partial charge < -0.3 is 16.6 Å². The first-order valence-electron chi connectivity index (χ1n) is 4.53. The highest BCUT2D eigenvalue weighted by atomic mass is 16.3. The maximum absolute atomic E-state index is 9.75. The lowest BCUT2D eigenvalue weighted by molar-refractivity contribution is 0.244. The summed E-state index contributed by atoms with van der Waals surface area (Å²) in [5, 5.41) is 9.75. The Bertz CT molecular complexity index is 313. The molecule has 14 heavy (non-hydrogen) atoms. The highest BCUT2D eigenvalue weighted by Crippen LogP contribution is 2.28. The smallest absolute Gasteiger partial charge is 0.103 e. The van der Waals surface area contributed by atoms with Gasteiger partial charge in [-0.05, 0) is 30.8 Å². The van der Waals surface area contributed by atoms with Crippen molar-refractivity contribution in [3.63, 3.8) is 0 Å². The van der Waals surface area contributed by atoms with Gasteiger partial charge in [-0.25, -0.2) is 0 Å². The van der Waals surface area contributed by atoms with Crippen molar-refractivity contribution in [1.29, 1.82) is 0 Å². The number of aliphatic hydroxyl groups is 1. The molecule has 1 aliphatic carbocycles. The van der Waals surface area contributed by atoms with Crippen LogP contribution >= 0.6 is 0 Å². The fraction of sp³-hybridized carbons (Fsp3) is 0.273. The van der Waals surface area contributed by atoms with Crippen LogP contribution in [0, 0.1) is 0 Å². The van der Waals surface area contributed by atoms with Gasteiger partial charge in [0.1, 0.15) is 6.10 Å². The summed E-state index contributed by atoms with van der Waals surface area (Å²) >= 11 is 0. The van der Waals surface area contributed by atoms with Crippen LogP contribution in [0.1, 0.15) is 12.8 Å². The molecule has 0 aromatic rings. The Morgan fingerprint density at radius 2 is 2.21 bits per heavy atom. The Balaban J connectivity index is 2.98.